The first-order valence-corrected chi connectivity index (χ1v) is 12.3. The Labute approximate surface area is 225 Å². The SMILES string of the molecule is CCCC(F)=C(F)c1ccc(-c2cnc(CCc3ccc(-c4cc(F)c(C(F)(F)F)c(F)c4)c(F)c3)nc2)cc1. The summed E-state index contributed by atoms with van der Waals surface area (Å²) in [6.07, 6.45) is -0.918. The molecular formula is C30H22F8N2. The Hall–Kier alpha value is -4.08. The van der Waals surface area contributed by atoms with Gasteiger partial charge in [-0.05, 0) is 47.7 Å². The van der Waals surface area contributed by atoms with Gasteiger partial charge in [0.15, 0.2) is 5.83 Å². The van der Waals surface area contributed by atoms with Crippen LogP contribution in [0, 0.1) is 17.5 Å². The van der Waals surface area contributed by atoms with Crippen LogP contribution in [0.4, 0.5) is 35.1 Å². The minimum Gasteiger partial charge on any atom is -0.241 e. The summed E-state index contributed by atoms with van der Waals surface area (Å²) in [4.78, 5) is 8.58. The Kier molecular flexibility index (Phi) is 8.66. The van der Waals surface area contributed by atoms with E-state index in [1.54, 1.807) is 31.5 Å². The predicted octanol–water partition coefficient (Wildman–Crippen LogP) is 9.44. The fourth-order valence-corrected chi connectivity index (χ4v) is 4.13. The molecule has 4 rings (SSSR count). The van der Waals surface area contributed by atoms with Gasteiger partial charge in [-0.25, -0.2) is 31.9 Å². The number of rotatable bonds is 8. The molecule has 0 aliphatic carbocycles. The van der Waals surface area contributed by atoms with Gasteiger partial charge in [0, 0.05) is 41.9 Å². The third-order valence-electron chi connectivity index (χ3n) is 6.19. The number of halogens is 8. The van der Waals surface area contributed by atoms with Crippen LogP contribution in [0.1, 0.15) is 42.3 Å². The average Bonchev–Trinajstić information content (AvgIpc) is 2.91. The zero-order valence-electron chi connectivity index (χ0n) is 21.1. The lowest BCUT2D eigenvalue weighted by atomic mass is 9.99. The molecule has 0 fully saturated rings. The largest absolute Gasteiger partial charge is 0.422 e. The number of nitrogens with zero attached hydrogens (tertiary/aromatic N) is 2. The molecule has 40 heavy (non-hydrogen) atoms. The Morgan fingerprint density at radius 3 is 1.90 bits per heavy atom. The van der Waals surface area contributed by atoms with Crippen LogP contribution in [0.15, 0.2) is 72.8 Å². The van der Waals surface area contributed by atoms with Gasteiger partial charge < -0.3 is 0 Å². The molecule has 10 heteroatoms. The Morgan fingerprint density at radius 1 is 0.725 bits per heavy atom. The van der Waals surface area contributed by atoms with Crippen molar-refractivity contribution < 1.29 is 35.1 Å². The van der Waals surface area contributed by atoms with Crippen molar-refractivity contribution in [2.45, 2.75) is 38.8 Å². The van der Waals surface area contributed by atoms with Crippen molar-refractivity contribution in [3.63, 3.8) is 0 Å². The van der Waals surface area contributed by atoms with Crippen LogP contribution in [0.5, 0.6) is 0 Å². The van der Waals surface area contributed by atoms with Crippen LogP contribution in [0.3, 0.4) is 0 Å². The van der Waals surface area contributed by atoms with E-state index in [1.807, 2.05) is 0 Å². The van der Waals surface area contributed by atoms with E-state index in [2.05, 4.69) is 9.97 Å². The molecule has 0 saturated carbocycles. The summed E-state index contributed by atoms with van der Waals surface area (Å²) in [5, 5.41) is 0. The molecule has 208 valence electrons. The fraction of sp³-hybridized carbons (Fsp3) is 0.200. The molecule has 0 unspecified atom stereocenters. The zero-order chi connectivity index (χ0) is 29.0. The van der Waals surface area contributed by atoms with Gasteiger partial charge in [0.05, 0.1) is 0 Å². The number of hydrogen-bond donors (Lipinski definition) is 0. The van der Waals surface area contributed by atoms with Crippen LogP contribution in [-0.4, -0.2) is 9.97 Å². The monoisotopic (exact) mass is 562 g/mol. The molecule has 2 nitrogen and oxygen atoms in total. The lowest BCUT2D eigenvalue weighted by molar-refractivity contribution is -0.142. The summed E-state index contributed by atoms with van der Waals surface area (Å²) >= 11 is 0. The number of allylic oxidation sites excluding steroid dienone is 1. The average molecular weight is 563 g/mol. The van der Waals surface area contributed by atoms with Crippen molar-refractivity contribution in [1.29, 1.82) is 0 Å². The number of aromatic nitrogens is 2. The summed E-state index contributed by atoms with van der Waals surface area (Å²) in [7, 11) is 0. The van der Waals surface area contributed by atoms with Crippen LogP contribution in [-0.2, 0) is 19.0 Å². The maximum absolute atomic E-state index is 14.7. The van der Waals surface area contributed by atoms with E-state index in [0.29, 0.717) is 53.9 Å². The third-order valence-corrected chi connectivity index (χ3v) is 6.19. The minimum atomic E-state index is -5.22. The number of benzene rings is 3. The molecule has 0 aliphatic heterocycles. The molecule has 0 N–H and O–H groups in total. The summed E-state index contributed by atoms with van der Waals surface area (Å²) in [6.45, 7) is 1.76. The minimum absolute atomic E-state index is 0.0266. The van der Waals surface area contributed by atoms with E-state index in [1.165, 1.54) is 24.3 Å². The van der Waals surface area contributed by atoms with Crippen molar-refractivity contribution in [3.8, 4) is 22.3 Å². The summed E-state index contributed by atoms with van der Waals surface area (Å²) < 4.78 is 109. The summed E-state index contributed by atoms with van der Waals surface area (Å²) in [5.41, 5.74) is -0.621. The first kappa shape index (κ1) is 28.9. The van der Waals surface area contributed by atoms with Crippen molar-refractivity contribution >= 4 is 5.83 Å². The van der Waals surface area contributed by atoms with Crippen molar-refractivity contribution in [2.24, 2.45) is 0 Å². The predicted molar refractivity (Wildman–Crippen MR) is 136 cm³/mol. The lowest BCUT2D eigenvalue weighted by Gasteiger charge is -2.12. The number of alkyl halides is 3. The van der Waals surface area contributed by atoms with Crippen LogP contribution >= 0.6 is 0 Å². The van der Waals surface area contributed by atoms with E-state index >= 15 is 0 Å². The molecule has 0 radical (unpaired) electrons. The second-order valence-electron chi connectivity index (χ2n) is 9.06. The molecule has 0 atom stereocenters. The zero-order valence-corrected chi connectivity index (χ0v) is 21.1. The topological polar surface area (TPSA) is 25.8 Å². The summed E-state index contributed by atoms with van der Waals surface area (Å²) in [6, 6.07) is 11.0. The highest BCUT2D eigenvalue weighted by Crippen LogP contribution is 2.36. The first-order chi connectivity index (χ1) is 19.0. The third kappa shape index (κ3) is 6.55. The fourth-order valence-electron chi connectivity index (χ4n) is 4.13. The lowest BCUT2D eigenvalue weighted by Crippen LogP contribution is -2.11. The van der Waals surface area contributed by atoms with Gasteiger partial charge in [-0.15, -0.1) is 0 Å². The van der Waals surface area contributed by atoms with Gasteiger partial charge in [0.2, 0.25) is 0 Å². The van der Waals surface area contributed by atoms with Gasteiger partial charge in [0.1, 0.15) is 34.7 Å². The van der Waals surface area contributed by atoms with E-state index in [0.717, 1.165) is 6.07 Å². The molecule has 3 aromatic carbocycles. The standard InChI is InChI=1S/C30H22F8N2/c1-2-3-23(31)29(35)19-8-6-18(7-9-19)21-15-39-27(40-16-21)11-5-17-4-10-22(24(32)12-17)20-13-25(33)28(26(34)14-20)30(36,37)38/h4,6-10,12-16H,2-3,5,11H2,1H3. The number of hydrogen-bond acceptors (Lipinski definition) is 2. The van der Waals surface area contributed by atoms with E-state index < -0.39 is 40.8 Å². The molecule has 0 saturated heterocycles. The Bertz CT molecular complexity index is 1500. The smallest absolute Gasteiger partial charge is 0.241 e. The van der Waals surface area contributed by atoms with Crippen molar-refractivity contribution in [3.05, 3.63) is 113 Å². The van der Waals surface area contributed by atoms with Gasteiger partial charge in [-0.1, -0.05) is 43.3 Å². The van der Waals surface area contributed by atoms with E-state index in [9.17, 15) is 35.1 Å². The normalized spacial score (nSPS) is 12.4. The second kappa shape index (κ2) is 12.0. The van der Waals surface area contributed by atoms with Crippen molar-refractivity contribution in [2.75, 3.05) is 0 Å². The maximum atomic E-state index is 14.7. The maximum Gasteiger partial charge on any atom is 0.422 e. The highest BCUT2D eigenvalue weighted by atomic mass is 19.4. The molecule has 0 spiro atoms. The Morgan fingerprint density at radius 2 is 1.35 bits per heavy atom. The number of aryl methyl sites for hydroxylation is 2. The highest BCUT2D eigenvalue weighted by molar-refractivity contribution is 5.68. The molecular weight excluding hydrogens is 540 g/mol. The van der Waals surface area contributed by atoms with Gasteiger partial charge in [0.25, 0.3) is 0 Å². The van der Waals surface area contributed by atoms with Crippen molar-refractivity contribution in [1.82, 2.24) is 9.97 Å². The molecule has 1 heterocycles. The molecule has 1 aromatic heterocycles. The molecule has 4 aromatic rings. The van der Waals surface area contributed by atoms with Gasteiger partial charge in [-0.2, -0.15) is 13.2 Å². The Balaban J connectivity index is 1.43. The van der Waals surface area contributed by atoms with E-state index in [-0.39, 0.29) is 23.1 Å². The second-order valence-corrected chi connectivity index (χ2v) is 9.06. The quantitative estimate of drug-likeness (QED) is 0.200. The van der Waals surface area contributed by atoms with Crippen LogP contribution in [0.25, 0.3) is 28.1 Å². The molecule has 0 amide bonds. The van der Waals surface area contributed by atoms with E-state index in [4.69, 9.17) is 0 Å². The van der Waals surface area contributed by atoms with Gasteiger partial charge >= 0.3 is 6.18 Å². The molecule has 0 bridgehead atoms. The van der Waals surface area contributed by atoms with Gasteiger partial charge in [-0.3, -0.25) is 0 Å². The highest BCUT2D eigenvalue weighted by Gasteiger charge is 2.38. The van der Waals surface area contributed by atoms with Crippen LogP contribution in [0.2, 0.25) is 0 Å². The summed E-state index contributed by atoms with van der Waals surface area (Å²) in [5.74, 6) is -5.73. The first-order valence-electron chi connectivity index (χ1n) is 12.3. The van der Waals surface area contributed by atoms with Crippen LogP contribution < -0.4 is 0 Å². The molecule has 0 aliphatic rings.